The second-order valence-electron chi connectivity index (χ2n) is 6.22. The maximum absolute atomic E-state index is 12.3. The minimum atomic E-state index is -0.586. The zero-order chi connectivity index (χ0) is 20.3. The second-order valence-corrected chi connectivity index (χ2v) is 7.65. The monoisotopic (exact) mass is 415 g/mol. The Morgan fingerprint density at radius 3 is 2.75 bits per heavy atom. The number of nitrogens with one attached hydrogen (secondary N) is 1. The molecule has 0 aliphatic carbocycles. The Balaban J connectivity index is 1.78. The molecule has 3 rings (SSSR count). The van der Waals surface area contributed by atoms with Crippen LogP contribution in [0.4, 0.5) is 5.69 Å². The number of hydrogen-bond donors (Lipinski definition) is 2. The van der Waals surface area contributed by atoms with E-state index in [1.807, 2.05) is 32.0 Å². The van der Waals surface area contributed by atoms with Gasteiger partial charge in [-0.3, -0.25) is 9.59 Å². The van der Waals surface area contributed by atoms with Crippen LogP contribution < -0.4 is 15.8 Å². The van der Waals surface area contributed by atoms with Crippen LogP contribution in [-0.2, 0) is 9.59 Å². The van der Waals surface area contributed by atoms with Gasteiger partial charge in [-0.05, 0) is 61.0 Å². The first-order chi connectivity index (χ1) is 13.3. The fourth-order valence-electron chi connectivity index (χ4n) is 2.54. The van der Waals surface area contributed by atoms with E-state index in [1.165, 1.54) is 11.8 Å². The summed E-state index contributed by atoms with van der Waals surface area (Å²) >= 11 is 7.42. The maximum atomic E-state index is 12.3. The summed E-state index contributed by atoms with van der Waals surface area (Å²) in [5, 5.41) is 3.62. The number of aliphatic imine (C=N–C) groups is 1. The highest BCUT2D eigenvalue weighted by Gasteiger charge is 2.24. The second kappa shape index (κ2) is 8.50. The average Bonchev–Trinajstić information content (AvgIpc) is 2.96. The van der Waals surface area contributed by atoms with Gasteiger partial charge in [0.1, 0.15) is 5.75 Å². The number of benzene rings is 2. The topological polar surface area (TPSA) is 93.8 Å². The molecule has 2 aromatic carbocycles. The molecule has 3 N–H and O–H groups in total. The van der Waals surface area contributed by atoms with Crippen molar-refractivity contribution in [1.82, 2.24) is 5.32 Å². The van der Waals surface area contributed by atoms with Crippen molar-refractivity contribution in [2.24, 2.45) is 10.7 Å². The molecule has 0 saturated carbocycles. The number of halogens is 1. The number of amidine groups is 1. The van der Waals surface area contributed by atoms with Crippen molar-refractivity contribution < 1.29 is 14.3 Å². The smallest absolute Gasteiger partial charge is 0.264 e. The molecule has 1 aliphatic rings. The van der Waals surface area contributed by atoms with Crippen molar-refractivity contribution in [3.8, 4) is 5.75 Å². The van der Waals surface area contributed by atoms with E-state index >= 15 is 0 Å². The lowest BCUT2D eigenvalue weighted by atomic mass is 10.1. The van der Waals surface area contributed by atoms with Gasteiger partial charge in [-0.25, -0.2) is 4.99 Å². The Morgan fingerprint density at radius 2 is 2.07 bits per heavy atom. The number of nitrogens with zero attached hydrogens (tertiary/aromatic N) is 1. The molecule has 0 bridgehead atoms. The van der Waals surface area contributed by atoms with Crippen LogP contribution in [-0.4, -0.2) is 23.6 Å². The number of thioether (sulfide) groups is 1. The lowest BCUT2D eigenvalue weighted by molar-refractivity contribution is -0.120. The number of nitrogens with two attached hydrogens (primary N) is 1. The van der Waals surface area contributed by atoms with Gasteiger partial charge in [0, 0.05) is 0 Å². The van der Waals surface area contributed by atoms with Crippen molar-refractivity contribution in [3.63, 3.8) is 0 Å². The predicted octanol–water partition coefficient (Wildman–Crippen LogP) is 3.71. The zero-order valence-corrected chi connectivity index (χ0v) is 16.9. The first-order valence-corrected chi connectivity index (χ1v) is 9.59. The molecule has 0 radical (unpaired) electrons. The fourth-order valence-corrected chi connectivity index (χ4v) is 3.62. The Labute approximate surface area is 171 Å². The highest BCUT2D eigenvalue weighted by molar-refractivity contribution is 8.18. The summed E-state index contributed by atoms with van der Waals surface area (Å²) in [6, 6.07) is 11.0. The van der Waals surface area contributed by atoms with E-state index < -0.39 is 5.91 Å². The normalized spacial score (nSPS) is 16.5. The van der Waals surface area contributed by atoms with E-state index in [-0.39, 0.29) is 12.5 Å². The van der Waals surface area contributed by atoms with Crippen LogP contribution in [0.25, 0.3) is 6.08 Å². The molecular formula is C20H18ClN3O3S. The highest BCUT2D eigenvalue weighted by Crippen LogP contribution is 2.31. The zero-order valence-electron chi connectivity index (χ0n) is 15.3. The molecule has 0 aromatic heterocycles. The van der Waals surface area contributed by atoms with Crippen LogP contribution in [0, 0.1) is 13.8 Å². The summed E-state index contributed by atoms with van der Waals surface area (Å²) in [5.41, 5.74) is 8.79. The summed E-state index contributed by atoms with van der Waals surface area (Å²) < 4.78 is 5.22. The van der Waals surface area contributed by atoms with Gasteiger partial charge < -0.3 is 15.8 Å². The van der Waals surface area contributed by atoms with Crippen LogP contribution in [0.5, 0.6) is 5.75 Å². The molecule has 144 valence electrons. The molecule has 1 aliphatic heterocycles. The van der Waals surface area contributed by atoms with E-state index in [0.29, 0.717) is 20.8 Å². The van der Waals surface area contributed by atoms with Crippen LogP contribution in [0.1, 0.15) is 16.7 Å². The molecule has 1 fully saturated rings. The van der Waals surface area contributed by atoms with Gasteiger partial charge in [-0.1, -0.05) is 35.4 Å². The van der Waals surface area contributed by atoms with Gasteiger partial charge in [0.25, 0.3) is 11.8 Å². The summed E-state index contributed by atoms with van der Waals surface area (Å²) in [5.74, 6) is -0.459. The average molecular weight is 416 g/mol. The third-order valence-electron chi connectivity index (χ3n) is 3.85. The van der Waals surface area contributed by atoms with Gasteiger partial charge in [0.2, 0.25) is 0 Å². The summed E-state index contributed by atoms with van der Waals surface area (Å²) in [4.78, 5) is 28.1. The Bertz CT molecular complexity index is 1020. The Hall–Kier alpha value is -2.77. The number of aryl methyl sites for hydroxylation is 2. The van der Waals surface area contributed by atoms with Gasteiger partial charge in [0.15, 0.2) is 11.8 Å². The van der Waals surface area contributed by atoms with E-state index in [4.69, 9.17) is 22.1 Å². The molecule has 1 saturated heterocycles. The molecule has 0 atom stereocenters. The third-order valence-corrected chi connectivity index (χ3v) is 5.05. The standard InChI is InChI=1S/C20H18ClN3O3S/c1-11-3-5-15(12(2)7-11)23-20-24-19(26)17(28-20)9-13-4-6-16(14(21)8-13)27-10-18(22)25/h3-9H,10H2,1-2H3,(H2,22,25)(H,23,24,26). The van der Waals surface area contributed by atoms with Crippen molar-refractivity contribution in [1.29, 1.82) is 0 Å². The minimum absolute atomic E-state index is 0.223. The minimum Gasteiger partial charge on any atom is -0.482 e. The fraction of sp³-hybridized carbons (Fsp3) is 0.150. The number of rotatable bonds is 5. The van der Waals surface area contributed by atoms with E-state index in [2.05, 4.69) is 10.3 Å². The first-order valence-electron chi connectivity index (χ1n) is 8.39. The maximum Gasteiger partial charge on any atom is 0.264 e. The largest absolute Gasteiger partial charge is 0.482 e. The Kier molecular flexibility index (Phi) is 6.06. The van der Waals surface area contributed by atoms with Crippen LogP contribution in [0.15, 0.2) is 46.3 Å². The van der Waals surface area contributed by atoms with E-state index in [9.17, 15) is 9.59 Å². The Morgan fingerprint density at radius 1 is 1.29 bits per heavy atom. The lowest BCUT2D eigenvalue weighted by Crippen LogP contribution is -2.20. The SMILES string of the molecule is Cc1ccc(N=C2NC(=O)C(=Cc3ccc(OCC(N)=O)c(Cl)c3)S2)c(C)c1. The van der Waals surface area contributed by atoms with E-state index in [1.54, 1.807) is 24.3 Å². The number of ether oxygens (including phenoxy) is 1. The van der Waals surface area contributed by atoms with Crippen LogP contribution in [0.2, 0.25) is 5.02 Å². The lowest BCUT2D eigenvalue weighted by Gasteiger charge is -2.06. The molecule has 2 aromatic rings. The summed E-state index contributed by atoms with van der Waals surface area (Å²) in [7, 11) is 0. The van der Waals surface area contributed by atoms with E-state index in [0.717, 1.165) is 22.4 Å². The molecule has 1 heterocycles. The number of carbonyl (C=O) groups excluding carboxylic acids is 2. The molecule has 2 amide bonds. The van der Waals surface area contributed by atoms with Crippen molar-refractivity contribution in [2.45, 2.75) is 13.8 Å². The third kappa shape index (κ3) is 4.94. The van der Waals surface area contributed by atoms with Crippen molar-refractivity contribution >= 4 is 52.1 Å². The van der Waals surface area contributed by atoms with Gasteiger partial charge in [0.05, 0.1) is 15.6 Å². The predicted molar refractivity (Wildman–Crippen MR) is 113 cm³/mol. The van der Waals surface area contributed by atoms with Gasteiger partial charge in [-0.15, -0.1) is 0 Å². The molecule has 0 unspecified atom stereocenters. The molecule has 8 heteroatoms. The highest BCUT2D eigenvalue weighted by atomic mass is 35.5. The number of carbonyl (C=O) groups is 2. The number of hydrogen-bond acceptors (Lipinski definition) is 5. The number of primary amides is 1. The van der Waals surface area contributed by atoms with Crippen LogP contribution in [0.3, 0.4) is 0 Å². The summed E-state index contributed by atoms with van der Waals surface area (Å²) in [6.07, 6.45) is 1.72. The summed E-state index contributed by atoms with van der Waals surface area (Å²) in [6.45, 7) is 3.75. The molecule has 28 heavy (non-hydrogen) atoms. The van der Waals surface area contributed by atoms with Gasteiger partial charge in [-0.2, -0.15) is 0 Å². The quantitative estimate of drug-likeness (QED) is 0.728. The molecular weight excluding hydrogens is 398 g/mol. The molecule has 0 spiro atoms. The first kappa shape index (κ1) is 20.0. The van der Waals surface area contributed by atoms with Gasteiger partial charge >= 0.3 is 0 Å². The van der Waals surface area contributed by atoms with Crippen molar-refractivity contribution in [3.05, 3.63) is 63.0 Å². The number of amides is 2. The molecule has 6 nitrogen and oxygen atoms in total. The van der Waals surface area contributed by atoms with Crippen LogP contribution >= 0.6 is 23.4 Å². The van der Waals surface area contributed by atoms with Crippen molar-refractivity contribution in [2.75, 3.05) is 6.61 Å².